The molecule has 5 nitrogen and oxygen atoms in total. The molecule has 19 heavy (non-hydrogen) atoms. The maximum atomic E-state index is 11.8. The number of aliphatic hydroxyl groups is 1. The number of hydrogen-bond acceptors (Lipinski definition) is 3. The summed E-state index contributed by atoms with van der Waals surface area (Å²) in [6, 6.07) is 8.25. The SMILES string of the molecule is Cn1cccc(C(O)CCc2cccc(=O)[nH]2)c1=O. The van der Waals surface area contributed by atoms with E-state index in [4.69, 9.17) is 0 Å². The smallest absolute Gasteiger partial charge is 0.256 e. The van der Waals surface area contributed by atoms with Gasteiger partial charge in [-0.25, -0.2) is 0 Å². The third-order valence-electron chi connectivity index (χ3n) is 3.03. The second-order valence-corrected chi connectivity index (χ2v) is 4.47. The van der Waals surface area contributed by atoms with E-state index in [-0.39, 0.29) is 11.1 Å². The van der Waals surface area contributed by atoms with Gasteiger partial charge in [-0.2, -0.15) is 0 Å². The van der Waals surface area contributed by atoms with Crippen molar-refractivity contribution in [2.45, 2.75) is 18.9 Å². The van der Waals surface area contributed by atoms with Gasteiger partial charge in [0.05, 0.1) is 6.10 Å². The summed E-state index contributed by atoms with van der Waals surface area (Å²) >= 11 is 0. The molecule has 0 aromatic carbocycles. The first-order valence-electron chi connectivity index (χ1n) is 6.10. The van der Waals surface area contributed by atoms with Crippen LogP contribution in [0.4, 0.5) is 0 Å². The zero-order valence-electron chi connectivity index (χ0n) is 10.7. The average Bonchev–Trinajstić information content (AvgIpc) is 2.39. The number of pyridine rings is 2. The van der Waals surface area contributed by atoms with Crippen molar-refractivity contribution >= 4 is 0 Å². The largest absolute Gasteiger partial charge is 0.388 e. The van der Waals surface area contributed by atoms with Gasteiger partial charge < -0.3 is 14.7 Å². The Labute approximate surface area is 110 Å². The molecule has 0 spiro atoms. The molecule has 0 saturated carbocycles. The molecule has 0 saturated heterocycles. The number of aromatic nitrogens is 2. The molecule has 2 N–H and O–H groups in total. The van der Waals surface area contributed by atoms with E-state index in [1.54, 1.807) is 37.5 Å². The Balaban J connectivity index is 2.09. The Morgan fingerprint density at radius 1 is 1.26 bits per heavy atom. The Bertz CT molecular complexity index is 673. The number of aromatic amines is 1. The summed E-state index contributed by atoms with van der Waals surface area (Å²) < 4.78 is 1.43. The third kappa shape index (κ3) is 3.20. The van der Waals surface area contributed by atoms with E-state index in [0.717, 1.165) is 5.69 Å². The lowest BCUT2D eigenvalue weighted by atomic mass is 10.1. The number of hydrogen-bond donors (Lipinski definition) is 2. The predicted octanol–water partition coefficient (Wildman–Crippen LogP) is 0.740. The molecule has 2 heterocycles. The van der Waals surface area contributed by atoms with E-state index in [9.17, 15) is 14.7 Å². The Morgan fingerprint density at radius 2 is 2.05 bits per heavy atom. The first-order valence-corrected chi connectivity index (χ1v) is 6.10. The minimum atomic E-state index is -0.830. The highest BCUT2D eigenvalue weighted by molar-refractivity contribution is 5.14. The molecule has 0 aliphatic rings. The topological polar surface area (TPSA) is 75.1 Å². The van der Waals surface area contributed by atoms with Crippen LogP contribution in [-0.2, 0) is 13.5 Å². The molecule has 0 aliphatic carbocycles. The van der Waals surface area contributed by atoms with E-state index in [2.05, 4.69) is 4.98 Å². The normalized spacial score (nSPS) is 12.3. The number of aliphatic hydroxyl groups excluding tert-OH is 1. The summed E-state index contributed by atoms with van der Waals surface area (Å²) in [4.78, 5) is 25.6. The van der Waals surface area contributed by atoms with E-state index < -0.39 is 6.10 Å². The highest BCUT2D eigenvalue weighted by Gasteiger charge is 2.12. The van der Waals surface area contributed by atoms with Crippen molar-refractivity contribution in [3.63, 3.8) is 0 Å². The maximum absolute atomic E-state index is 11.8. The average molecular weight is 260 g/mol. The Morgan fingerprint density at radius 3 is 2.79 bits per heavy atom. The van der Waals surface area contributed by atoms with Crippen LogP contribution in [0.5, 0.6) is 0 Å². The van der Waals surface area contributed by atoms with Crippen LogP contribution in [0.15, 0.2) is 46.1 Å². The van der Waals surface area contributed by atoms with Gasteiger partial charge in [-0.1, -0.05) is 6.07 Å². The lowest BCUT2D eigenvalue weighted by Gasteiger charge is -2.11. The fourth-order valence-corrected chi connectivity index (χ4v) is 1.96. The summed E-state index contributed by atoms with van der Waals surface area (Å²) in [6.45, 7) is 0. The third-order valence-corrected chi connectivity index (χ3v) is 3.03. The second-order valence-electron chi connectivity index (χ2n) is 4.47. The molecule has 2 aromatic heterocycles. The van der Waals surface area contributed by atoms with Gasteiger partial charge >= 0.3 is 0 Å². The zero-order chi connectivity index (χ0) is 13.8. The highest BCUT2D eigenvalue weighted by Crippen LogP contribution is 2.14. The van der Waals surface area contributed by atoms with Gasteiger partial charge in [-0.15, -0.1) is 0 Å². The van der Waals surface area contributed by atoms with E-state index in [1.807, 2.05) is 0 Å². The standard InChI is InChI=1S/C14H16N2O3/c1-16-9-3-5-11(14(16)19)12(17)8-7-10-4-2-6-13(18)15-10/h2-6,9,12,17H,7-8H2,1H3,(H,15,18). The molecule has 0 fully saturated rings. The number of rotatable bonds is 4. The number of nitrogens with one attached hydrogen (secondary N) is 1. The van der Waals surface area contributed by atoms with Gasteiger partial charge in [0.2, 0.25) is 5.56 Å². The first kappa shape index (κ1) is 13.3. The van der Waals surface area contributed by atoms with Crippen molar-refractivity contribution in [2.24, 2.45) is 7.05 Å². The minimum absolute atomic E-state index is 0.164. The van der Waals surface area contributed by atoms with Gasteiger partial charge in [-0.05, 0) is 31.0 Å². The van der Waals surface area contributed by atoms with Crippen LogP contribution in [0.25, 0.3) is 0 Å². The minimum Gasteiger partial charge on any atom is -0.388 e. The van der Waals surface area contributed by atoms with Crippen molar-refractivity contribution in [3.05, 3.63) is 68.5 Å². The van der Waals surface area contributed by atoms with Crippen molar-refractivity contribution in [2.75, 3.05) is 0 Å². The molecule has 2 aromatic rings. The molecule has 1 atom stereocenters. The molecule has 0 amide bonds. The molecular formula is C14H16N2O3. The summed E-state index contributed by atoms with van der Waals surface area (Å²) in [7, 11) is 1.65. The lowest BCUT2D eigenvalue weighted by molar-refractivity contribution is 0.165. The molecule has 2 rings (SSSR count). The van der Waals surface area contributed by atoms with Crippen LogP contribution in [0.2, 0.25) is 0 Å². The molecule has 0 radical (unpaired) electrons. The summed E-state index contributed by atoms with van der Waals surface area (Å²) in [5.74, 6) is 0. The summed E-state index contributed by atoms with van der Waals surface area (Å²) in [6.07, 6.45) is 1.71. The second kappa shape index (κ2) is 5.67. The lowest BCUT2D eigenvalue weighted by Crippen LogP contribution is -2.22. The van der Waals surface area contributed by atoms with Gasteiger partial charge in [0, 0.05) is 30.6 Å². The molecule has 5 heteroatoms. The van der Waals surface area contributed by atoms with Crippen LogP contribution in [0, 0.1) is 0 Å². The first-order chi connectivity index (χ1) is 9.08. The van der Waals surface area contributed by atoms with Gasteiger partial charge in [0.15, 0.2) is 0 Å². The predicted molar refractivity (Wildman–Crippen MR) is 72.0 cm³/mol. The van der Waals surface area contributed by atoms with Crippen molar-refractivity contribution in [1.82, 2.24) is 9.55 Å². The highest BCUT2D eigenvalue weighted by atomic mass is 16.3. The Kier molecular flexibility index (Phi) is 3.97. The number of H-pyrrole nitrogens is 1. The molecule has 0 aliphatic heterocycles. The van der Waals surface area contributed by atoms with Crippen LogP contribution < -0.4 is 11.1 Å². The van der Waals surface area contributed by atoms with E-state index >= 15 is 0 Å². The van der Waals surface area contributed by atoms with E-state index in [0.29, 0.717) is 18.4 Å². The van der Waals surface area contributed by atoms with Crippen molar-refractivity contribution < 1.29 is 5.11 Å². The van der Waals surface area contributed by atoms with Gasteiger partial charge in [0.1, 0.15) is 0 Å². The van der Waals surface area contributed by atoms with Crippen molar-refractivity contribution in [1.29, 1.82) is 0 Å². The van der Waals surface area contributed by atoms with E-state index in [1.165, 1.54) is 10.6 Å². The zero-order valence-corrected chi connectivity index (χ0v) is 10.7. The molecular weight excluding hydrogens is 244 g/mol. The number of nitrogens with zero attached hydrogens (tertiary/aromatic N) is 1. The molecule has 1 unspecified atom stereocenters. The summed E-state index contributed by atoms with van der Waals surface area (Å²) in [5, 5.41) is 10.1. The molecule has 100 valence electrons. The van der Waals surface area contributed by atoms with Crippen LogP contribution in [0.3, 0.4) is 0 Å². The number of aryl methyl sites for hydroxylation is 2. The van der Waals surface area contributed by atoms with Gasteiger partial charge in [-0.3, -0.25) is 9.59 Å². The summed E-state index contributed by atoms with van der Waals surface area (Å²) in [5.41, 5.74) is 0.766. The van der Waals surface area contributed by atoms with Crippen molar-refractivity contribution in [3.8, 4) is 0 Å². The fraction of sp³-hybridized carbons (Fsp3) is 0.286. The fourth-order valence-electron chi connectivity index (χ4n) is 1.96. The van der Waals surface area contributed by atoms with Crippen LogP contribution >= 0.6 is 0 Å². The quantitative estimate of drug-likeness (QED) is 0.851. The van der Waals surface area contributed by atoms with Crippen LogP contribution in [-0.4, -0.2) is 14.7 Å². The van der Waals surface area contributed by atoms with Gasteiger partial charge in [0.25, 0.3) is 5.56 Å². The van der Waals surface area contributed by atoms with Crippen LogP contribution in [0.1, 0.15) is 23.8 Å². The Hall–Kier alpha value is -2.14. The monoisotopic (exact) mass is 260 g/mol. The molecule has 0 bridgehead atoms. The maximum Gasteiger partial charge on any atom is 0.256 e.